The van der Waals surface area contributed by atoms with Crippen molar-refractivity contribution >= 4 is 28.7 Å². The van der Waals surface area contributed by atoms with Crippen LogP contribution in [0.5, 0.6) is 5.75 Å². The van der Waals surface area contributed by atoms with Gasteiger partial charge < -0.3 is 15.2 Å². The molecule has 1 aromatic carbocycles. The maximum Gasteiger partial charge on any atom is 0.407 e. The highest BCUT2D eigenvalue weighted by atomic mass is 127. The van der Waals surface area contributed by atoms with Crippen LogP contribution in [0.2, 0.25) is 0 Å². The molecule has 0 atom stereocenters. The standard InChI is InChI=1S/C13H18INO3/c1-13(2,3)18-12(17)15-7-6-9-4-5-10(16)8-11(9)14/h4-5,8,16H,6-7H2,1-3H3,(H,15,17). The molecule has 0 bridgehead atoms. The molecule has 100 valence electrons. The summed E-state index contributed by atoms with van der Waals surface area (Å²) in [5.41, 5.74) is 0.612. The van der Waals surface area contributed by atoms with Crippen molar-refractivity contribution in [2.24, 2.45) is 0 Å². The molecule has 0 saturated heterocycles. The number of hydrogen-bond donors (Lipinski definition) is 2. The van der Waals surface area contributed by atoms with E-state index in [0.29, 0.717) is 13.0 Å². The molecule has 0 radical (unpaired) electrons. The Bertz CT molecular complexity index is 427. The number of alkyl carbamates (subject to hydrolysis) is 1. The Morgan fingerprint density at radius 1 is 1.44 bits per heavy atom. The highest BCUT2D eigenvalue weighted by Crippen LogP contribution is 2.18. The van der Waals surface area contributed by atoms with Gasteiger partial charge in [-0.3, -0.25) is 0 Å². The van der Waals surface area contributed by atoms with E-state index in [4.69, 9.17) is 4.74 Å². The zero-order chi connectivity index (χ0) is 13.8. The van der Waals surface area contributed by atoms with Crippen molar-refractivity contribution in [3.05, 3.63) is 27.3 Å². The summed E-state index contributed by atoms with van der Waals surface area (Å²) in [5.74, 6) is 0.253. The van der Waals surface area contributed by atoms with Crippen LogP contribution in [-0.2, 0) is 11.2 Å². The molecule has 0 saturated carbocycles. The number of benzene rings is 1. The maximum atomic E-state index is 11.4. The van der Waals surface area contributed by atoms with Gasteiger partial charge in [-0.2, -0.15) is 0 Å². The van der Waals surface area contributed by atoms with Crippen LogP contribution in [0.3, 0.4) is 0 Å². The summed E-state index contributed by atoms with van der Waals surface area (Å²) in [4.78, 5) is 11.4. The van der Waals surface area contributed by atoms with Crippen LogP contribution in [-0.4, -0.2) is 23.3 Å². The first-order valence-corrected chi connectivity index (χ1v) is 6.80. The van der Waals surface area contributed by atoms with Gasteiger partial charge in [0.15, 0.2) is 0 Å². The summed E-state index contributed by atoms with van der Waals surface area (Å²) in [6.45, 7) is 6.00. The minimum atomic E-state index is -0.475. The van der Waals surface area contributed by atoms with E-state index in [1.54, 1.807) is 12.1 Å². The molecule has 0 heterocycles. The van der Waals surface area contributed by atoms with Crippen molar-refractivity contribution in [2.75, 3.05) is 6.54 Å². The van der Waals surface area contributed by atoms with Gasteiger partial charge in [-0.05, 0) is 67.5 Å². The normalized spacial score (nSPS) is 11.1. The van der Waals surface area contributed by atoms with Crippen LogP contribution in [0.15, 0.2) is 18.2 Å². The first-order valence-electron chi connectivity index (χ1n) is 5.72. The Kier molecular flexibility index (Phi) is 5.25. The second-order valence-corrected chi connectivity index (χ2v) is 6.12. The first kappa shape index (κ1) is 15.1. The SMILES string of the molecule is CC(C)(C)OC(=O)NCCc1ccc(O)cc1I. The van der Waals surface area contributed by atoms with Gasteiger partial charge in [0, 0.05) is 10.1 Å². The van der Waals surface area contributed by atoms with E-state index in [-0.39, 0.29) is 5.75 Å². The summed E-state index contributed by atoms with van der Waals surface area (Å²) in [6, 6.07) is 5.20. The van der Waals surface area contributed by atoms with Gasteiger partial charge in [-0.1, -0.05) is 6.07 Å². The van der Waals surface area contributed by atoms with Crippen molar-refractivity contribution in [1.82, 2.24) is 5.32 Å². The fourth-order valence-corrected chi connectivity index (χ4v) is 2.12. The van der Waals surface area contributed by atoms with Crippen LogP contribution in [0, 0.1) is 3.57 Å². The Hall–Kier alpha value is -0.980. The van der Waals surface area contributed by atoms with E-state index < -0.39 is 11.7 Å². The number of nitrogens with one attached hydrogen (secondary N) is 1. The minimum absolute atomic E-state index is 0.253. The summed E-state index contributed by atoms with van der Waals surface area (Å²) < 4.78 is 6.12. The first-order chi connectivity index (χ1) is 8.28. The van der Waals surface area contributed by atoms with E-state index in [1.807, 2.05) is 26.8 Å². The highest BCUT2D eigenvalue weighted by Gasteiger charge is 2.15. The summed E-state index contributed by atoms with van der Waals surface area (Å²) in [7, 11) is 0. The summed E-state index contributed by atoms with van der Waals surface area (Å²) >= 11 is 2.16. The number of rotatable bonds is 3. The van der Waals surface area contributed by atoms with Gasteiger partial charge in [0.25, 0.3) is 0 Å². The van der Waals surface area contributed by atoms with Crippen LogP contribution >= 0.6 is 22.6 Å². The molecule has 5 heteroatoms. The second kappa shape index (κ2) is 6.26. The summed E-state index contributed by atoms with van der Waals surface area (Å²) in [6.07, 6.45) is 0.300. The molecule has 1 amide bonds. The summed E-state index contributed by atoms with van der Waals surface area (Å²) in [5, 5.41) is 12.0. The molecular weight excluding hydrogens is 345 g/mol. The Balaban J connectivity index is 2.40. The van der Waals surface area contributed by atoms with Gasteiger partial charge >= 0.3 is 6.09 Å². The van der Waals surface area contributed by atoms with Gasteiger partial charge in [0.2, 0.25) is 0 Å². The molecule has 0 unspecified atom stereocenters. The van der Waals surface area contributed by atoms with Gasteiger partial charge in [0.05, 0.1) is 0 Å². The number of carbonyl (C=O) groups is 1. The Labute approximate surface area is 121 Å². The maximum absolute atomic E-state index is 11.4. The third kappa shape index (κ3) is 5.57. The van der Waals surface area contributed by atoms with Crippen LogP contribution in [0.25, 0.3) is 0 Å². The van der Waals surface area contributed by atoms with E-state index in [1.165, 1.54) is 0 Å². The number of carbonyl (C=O) groups excluding carboxylic acids is 1. The van der Waals surface area contributed by atoms with Crippen molar-refractivity contribution in [1.29, 1.82) is 0 Å². The molecule has 0 aliphatic rings. The largest absolute Gasteiger partial charge is 0.508 e. The molecule has 2 N–H and O–H groups in total. The zero-order valence-corrected chi connectivity index (χ0v) is 12.9. The molecule has 0 aromatic heterocycles. The molecule has 0 aliphatic carbocycles. The smallest absolute Gasteiger partial charge is 0.407 e. The van der Waals surface area contributed by atoms with E-state index >= 15 is 0 Å². The molecule has 0 fully saturated rings. The molecular formula is C13H18INO3. The van der Waals surface area contributed by atoms with Crippen molar-refractivity contribution < 1.29 is 14.6 Å². The zero-order valence-electron chi connectivity index (χ0n) is 10.8. The average Bonchev–Trinajstić information content (AvgIpc) is 2.18. The Morgan fingerprint density at radius 3 is 2.67 bits per heavy atom. The lowest BCUT2D eigenvalue weighted by Crippen LogP contribution is -2.33. The molecule has 0 aliphatic heterocycles. The fraction of sp³-hybridized carbons (Fsp3) is 0.462. The fourth-order valence-electron chi connectivity index (χ4n) is 1.35. The number of aromatic hydroxyl groups is 1. The lowest BCUT2D eigenvalue weighted by Gasteiger charge is -2.19. The van der Waals surface area contributed by atoms with Crippen LogP contribution in [0.1, 0.15) is 26.3 Å². The van der Waals surface area contributed by atoms with Gasteiger partial charge in [-0.15, -0.1) is 0 Å². The predicted molar refractivity (Wildman–Crippen MR) is 78.8 cm³/mol. The van der Waals surface area contributed by atoms with Crippen LogP contribution in [0.4, 0.5) is 4.79 Å². The number of hydrogen-bond acceptors (Lipinski definition) is 3. The predicted octanol–water partition coefficient (Wildman–Crippen LogP) is 3.06. The van der Waals surface area contributed by atoms with Gasteiger partial charge in [-0.25, -0.2) is 4.79 Å². The third-order valence-corrected chi connectivity index (χ3v) is 3.10. The highest BCUT2D eigenvalue weighted by molar-refractivity contribution is 14.1. The topological polar surface area (TPSA) is 58.6 Å². The molecule has 1 aromatic rings. The Morgan fingerprint density at radius 2 is 2.11 bits per heavy atom. The minimum Gasteiger partial charge on any atom is -0.508 e. The van der Waals surface area contributed by atoms with Gasteiger partial charge in [0.1, 0.15) is 11.4 Å². The molecule has 18 heavy (non-hydrogen) atoms. The lowest BCUT2D eigenvalue weighted by molar-refractivity contribution is 0.0528. The number of phenolic OH excluding ortho intramolecular Hbond substituents is 1. The molecule has 4 nitrogen and oxygen atoms in total. The van der Waals surface area contributed by atoms with Crippen LogP contribution < -0.4 is 5.32 Å². The van der Waals surface area contributed by atoms with E-state index in [9.17, 15) is 9.90 Å². The van der Waals surface area contributed by atoms with E-state index in [0.717, 1.165) is 9.13 Å². The van der Waals surface area contributed by atoms with Crippen molar-refractivity contribution in [3.63, 3.8) is 0 Å². The average molecular weight is 363 g/mol. The number of phenols is 1. The number of halogens is 1. The molecule has 0 spiro atoms. The van der Waals surface area contributed by atoms with Crippen molar-refractivity contribution in [2.45, 2.75) is 32.8 Å². The monoisotopic (exact) mass is 363 g/mol. The second-order valence-electron chi connectivity index (χ2n) is 4.95. The quantitative estimate of drug-likeness (QED) is 0.812. The molecule has 1 rings (SSSR count). The van der Waals surface area contributed by atoms with E-state index in [2.05, 4.69) is 27.9 Å². The van der Waals surface area contributed by atoms with Crippen molar-refractivity contribution in [3.8, 4) is 5.75 Å². The lowest BCUT2D eigenvalue weighted by atomic mass is 10.1. The number of amides is 1. The third-order valence-electron chi connectivity index (χ3n) is 2.10. The number of ether oxygens (including phenoxy) is 1.